The van der Waals surface area contributed by atoms with Crippen molar-refractivity contribution in [2.24, 2.45) is 0 Å². The molecule has 0 fully saturated rings. The Balaban J connectivity index is 2.13. The molecule has 0 aliphatic rings. The van der Waals surface area contributed by atoms with Crippen molar-refractivity contribution in [1.82, 2.24) is 0 Å². The summed E-state index contributed by atoms with van der Waals surface area (Å²) in [5, 5.41) is 10.9. The average molecular weight is 391 g/mol. The van der Waals surface area contributed by atoms with E-state index in [2.05, 4.69) is 31.9 Å². The van der Waals surface area contributed by atoms with Gasteiger partial charge in [-0.1, -0.05) is 29.8 Å². The Morgan fingerprint density at radius 3 is 2.28 bits per heavy atom. The molecule has 1 N–H and O–H groups in total. The van der Waals surface area contributed by atoms with Gasteiger partial charge in [0.25, 0.3) is 0 Å². The molecule has 94 valence electrons. The lowest BCUT2D eigenvalue weighted by atomic mass is 10.0. The van der Waals surface area contributed by atoms with Crippen molar-refractivity contribution in [3.8, 4) is 0 Å². The summed E-state index contributed by atoms with van der Waals surface area (Å²) in [5.74, 6) is 0. The van der Waals surface area contributed by atoms with Crippen LogP contribution in [0.25, 0.3) is 0 Å². The maximum atomic E-state index is 10.2. The molecule has 2 aromatic carbocycles. The molecule has 0 saturated carbocycles. The Labute approximate surface area is 128 Å². The van der Waals surface area contributed by atoms with Crippen molar-refractivity contribution < 1.29 is 5.11 Å². The predicted molar refractivity (Wildman–Crippen MR) is 82.0 cm³/mol. The molecule has 0 radical (unpaired) electrons. The monoisotopic (exact) mass is 388 g/mol. The summed E-state index contributed by atoms with van der Waals surface area (Å²) in [7, 11) is 0. The molecule has 2 rings (SSSR count). The third-order valence-electron chi connectivity index (χ3n) is 2.67. The molecule has 0 bridgehead atoms. The molecule has 0 aliphatic carbocycles. The van der Waals surface area contributed by atoms with E-state index >= 15 is 0 Å². The van der Waals surface area contributed by atoms with Crippen molar-refractivity contribution in [2.45, 2.75) is 12.5 Å². The van der Waals surface area contributed by atoms with Crippen LogP contribution in [-0.4, -0.2) is 5.11 Å². The fourth-order valence-electron chi connectivity index (χ4n) is 1.68. The second kappa shape index (κ2) is 6.20. The maximum absolute atomic E-state index is 10.2. The van der Waals surface area contributed by atoms with Crippen molar-refractivity contribution in [2.75, 3.05) is 0 Å². The predicted octanol–water partition coefficient (Wildman–Crippen LogP) is 5.14. The highest BCUT2D eigenvalue weighted by Gasteiger charge is 2.10. The molecule has 0 heterocycles. The Morgan fingerprint density at radius 1 is 1.00 bits per heavy atom. The van der Waals surface area contributed by atoms with Gasteiger partial charge in [-0.25, -0.2) is 0 Å². The summed E-state index contributed by atoms with van der Waals surface area (Å²) in [6, 6.07) is 13.3. The van der Waals surface area contributed by atoms with E-state index in [1.54, 1.807) is 0 Å². The highest BCUT2D eigenvalue weighted by atomic mass is 79.9. The van der Waals surface area contributed by atoms with Crippen LogP contribution in [0.1, 0.15) is 17.2 Å². The van der Waals surface area contributed by atoms with Gasteiger partial charge < -0.3 is 5.11 Å². The first kappa shape index (κ1) is 14.1. The van der Waals surface area contributed by atoms with Crippen molar-refractivity contribution in [3.63, 3.8) is 0 Å². The molecule has 1 atom stereocenters. The fourth-order valence-corrected chi connectivity index (χ4v) is 2.45. The summed E-state index contributed by atoms with van der Waals surface area (Å²) in [4.78, 5) is 0. The van der Waals surface area contributed by atoms with Crippen LogP contribution in [0.3, 0.4) is 0 Å². The molecule has 1 nitrogen and oxygen atoms in total. The lowest BCUT2D eigenvalue weighted by Gasteiger charge is -2.12. The minimum atomic E-state index is -0.518. The highest BCUT2D eigenvalue weighted by Crippen LogP contribution is 2.28. The molecule has 1 unspecified atom stereocenters. The minimum absolute atomic E-state index is 0.518. The van der Waals surface area contributed by atoms with Gasteiger partial charge in [0.1, 0.15) is 0 Å². The lowest BCUT2D eigenvalue weighted by molar-refractivity contribution is 0.178. The quantitative estimate of drug-likeness (QED) is 0.769. The van der Waals surface area contributed by atoms with Gasteiger partial charge in [-0.2, -0.15) is 0 Å². The zero-order chi connectivity index (χ0) is 13.1. The first-order valence-corrected chi connectivity index (χ1v) is 7.40. The smallest absolute Gasteiger partial charge is 0.0830 e. The Morgan fingerprint density at radius 2 is 1.67 bits per heavy atom. The largest absolute Gasteiger partial charge is 0.388 e. The summed E-state index contributed by atoms with van der Waals surface area (Å²) in [6.07, 6.45) is 0.0567. The summed E-state index contributed by atoms with van der Waals surface area (Å²) in [5.41, 5.74) is 1.95. The fraction of sp³-hybridized carbons (Fsp3) is 0.143. The number of aliphatic hydroxyl groups excluding tert-OH is 1. The van der Waals surface area contributed by atoms with Crippen LogP contribution in [0.2, 0.25) is 5.02 Å². The summed E-state index contributed by atoms with van der Waals surface area (Å²) in [6.45, 7) is 0. The first-order chi connectivity index (χ1) is 8.56. The van der Waals surface area contributed by atoms with E-state index in [9.17, 15) is 5.11 Å². The van der Waals surface area contributed by atoms with E-state index < -0.39 is 6.10 Å². The topological polar surface area (TPSA) is 20.2 Å². The van der Waals surface area contributed by atoms with Crippen molar-refractivity contribution in [1.29, 1.82) is 0 Å². The average Bonchev–Trinajstić information content (AvgIpc) is 2.35. The molecule has 2 aromatic rings. The van der Waals surface area contributed by atoms with Crippen LogP contribution in [0.15, 0.2) is 51.4 Å². The molecule has 18 heavy (non-hydrogen) atoms. The van der Waals surface area contributed by atoms with Crippen LogP contribution >= 0.6 is 43.5 Å². The number of aliphatic hydroxyl groups is 1. The third-order valence-corrected chi connectivity index (χ3v) is 4.80. The van der Waals surface area contributed by atoms with Gasteiger partial charge in [0, 0.05) is 20.4 Å². The molecule has 0 amide bonds. The Hall–Kier alpha value is -0.350. The van der Waals surface area contributed by atoms with Gasteiger partial charge in [0.2, 0.25) is 0 Å². The molecule has 0 saturated heterocycles. The van der Waals surface area contributed by atoms with Crippen molar-refractivity contribution >= 4 is 43.5 Å². The molecular weight excluding hydrogens is 379 g/mol. The normalized spacial score (nSPS) is 12.4. The SMILES string of the molecule is OC(Cc1ccc(Cl)cc1)c1ccc(Br)c(Br)c1. The standard InChI is InChI=1S/C14H11Br2ClO/c15-12-6-3-10(8-13(12)16)14(18)7-9-1-4-11(17)5-2-9/h1-6,8,14,18H,7H2. The van der Waals surface area contributed by atoms with Gasteiger partial charge in [-0.05, 0) is 67.3 Å². The van der Waals surface area contributed by atoms with Crippen LogP contribution in [0.5, 0.6) is 0 Å². The highest BCUT2D eigenvalue weighted by molar-refractivity contribution is 9.13. The second-order valence-corrected chi connectivity index (χ2v) is 6.17. The van der Waals surface area contributed by atoms with Crippen LogP contribution in [0.4, 0.5) is 0 Å². The molecule has 0 aromatic heterocycles. The van der Waals surface area contributed by atoms with Gasteiger partial charge in [0.05, 0.1) is 6.10 Å². The van der Waals surface area contributed by atoms with Crippen molar-refractivity contribution in [3.05, 3.63) is 67.6 Å². The number of hydrogen-bond acceptors (Lipinski definition) is 1. The van der Waals surface area contributed by atoms with E-state index in [4.69, 9.17) is 11.6 Å². The first-order valence-electron chi connectivity index (χ1n) is 5.44. The van der Waals surface area contributed by atoms with Gasteiger partial charge in [-0.3, -0.25) is 0 Å². The van der Waals surface area contributed by atoms with Gasteiger partial charge >= 0.3 is 0 Å². The van der Waals surface area contributed by atoms with E-state index in [1.807, 2.05) is 42.5 Å². The molecule has 0 aliphatic heterocycles. The van der Waals surface area contributed by atoms with E-state index in [0.717, 1.165) is 20.1 Å². The second-order valence-electron chi connectivity index (χ2n) is 4.02. The minimum Gasteiger partial charge on any atom is -0.388 e. The number of hydrogen-bond donors (Lipinski definition) is 1. The zero-order valence-electron chi connectivity index (χ0n) is 9.41. The summed E-state index contributed by atoms with van der Waals surface area (Å²) < 4.78 is 1.92. The number of rotatable bonds is 3. The molecular formula is C14H11Br2ClO. The summed E-state index contributed by atoms with van der Waals surface area (Å²) >= 11 is 12.7. The van der Waals surface area contributed by atoms with Crippen LogP contribution < -0.4 is 0 Å². The van der Waals surface area contributed by atoms with Crippen LogP contribution in [0, 0.1) is 0 Å². The maximum Gasteiger partial charge on any atom is 0.0830 e. The zero-order valence-corrected chi connectivity index (χ0v) is 13.3. The van der Waals surface area contributed by atoms with Gasteiger partial charge in [-0.15, -0.1) is 0 Å². The number of halogens is 3. The Bertz CT molecular complexity index is 540. The lowest BCUT2D eigenvalue weighted by Crippen LogP contribution is -2.01. The van der Waals surface area contributed by atoms with E-state index in [-0.39, 0.29) is 0 Å². The third kappa shape index (κ3) is 3.58. The van der Waals surface area contributed by atoms with E-state index in [0.29, 0.717) is 11.4 Å². The molecule has 4 heteroatoms. The van der Waals surface area contributed by atoms with Gasteiger partial charge in [0.15, 0.2) is 0 Å². The van der Waals surface area contributed by atoms with Crippen LogP contribution in [-0.2, 0) is 6.42 Å². The van der Waals surface area contributed by atoms with E-state index in [1.165, 1.54) is 0 Å². The number of benzene rings is 2. The molecule has 0 spiro atoms. The Kier molecular flexibility index (Phi) is 4.84.